The van der Waals surface area contributed by atoms with Gasteiger partial charge in [0.25, 0.3) is 0 Å². The smallest absolute Gasteiger partial charge is 0.335 e. The number of aryl methyl sites for hydroxylation is 1. The van der Waals surface area contributed by atoms with Crippen molar-refractivity contribution in [3.05, 3.63) is 29.3 Å². The maximum absolute atomic E-state index is 10.7. The second-order valence-electron chi connectivity index (χ2n) is 6.51. The molecule has 29 heavy (non-hydrogen) atoms. The van der Waals surface area contributed by atoms with Gasteiger partial charge in [-0.1, -0.05) is 13.8 Å². The Labute approximate surface area is 174 Å². The van der Waals surface area contributed by atoms with Crippen molar-refractivity contribution in [2.24, 2.45) is 0 Å². The van der Waals surface area contributed by atoms with Crippen LogP contribution in [0.15, 0.2) is 18.2 Å². The number of aliphatic hydroxyl groups excluding tert-OH is 1. The van der Waals surface area contributed by atoms with Gasteiger partial charge >= 0.3 is 5.97 Å². The first-order chi connectivity index (χ1) is 14.0. The molecule has 1 aromatic rings. The van der Waals surface area contributed by atoms with Gasteiger partial charge < -0.3 is 29.4 Å². The third-order valence-corrected chi connectivity index (χ3v) is 4.09. The van der Waals surface area contributed by atoms with Crippen molar-refractivity contribution in [3.8, 4) is 5.75 Å². The fraction of sp³-hybridized carbons (Fsp3) is 0.591. The maximum Gasteiger partial charge on any atom is 0.335 e. The molecule has 0 spiro atoms. The summed E-state index contributed by atoms with van der Waals surface area (Å²) < 4.78 is 5.60. The van der Waals surface area contributed by atoms with E-state index in [1.165, 1.54) is 12.8 Å². The summed E-state index contributed by atoms with van der Waals surface area (Å²) in [6.45, 7) is 11.9. The predicted octanol–water partition coefficient (Wildman–Crippen LogP) is 3.35. The van der Waals surface area contributed by atoms with Crippen molar-refractivity contribution in [1.82, 2.24) is 4.90 Å². The topological polar surface area (TPSA) is 104 Å². The van der Waals surface area contributed by atoms with E-state index in [1.54, 1.807) is 18.2 Å². The number of β-amino-alcohol motifs (C(OH)–C–C–N with tert-alkyl or cyclic N) is 1. The van der Waals surface area contributed by atoms with Gasteiger partial charge in [-0.25, -0.2) is 4.79 Å². The molecule has 1 aromatic carbocycles. The number of rotatable bonds is 3. The fourth-order valence-corrected chi connectivity index (χ4v) is 2.58. The molecule has 3 rings (SSSR count). The number of carbonyl (C=O) groups excluding carboxylic acids is 2. The molecule has 2 N–H and O–H groups in total. The molecule has 0 radical (unpaired) electrons. The van der Waals surface area contributed by atoms with E-state index in [0.29, 0.717) is 11.7 Å². The summed E-state index contributed by atoms with van der Waals surface area (Å²) in [5, 5.41) is 18.0. The highest BCUT2D eigenvalue weighted by Crippen LogP contribution is 2.29. The van der Waals surface area contributed by atoms with E-state index in [4.69, 9.17) is 19.4 Å². The molecule has 1 heterocycles. The van der Waals surface area contributed by atoms with Gasteiger partial charge in [-0.05, 0) is 76.4 Å². The number of hydrogen-bond donors (Lipinski definition) is 2. The zero-order chi connectivity index (χ0) is 22.8. The van der Waals surface area contributed by atoms with E-state index in [1.807, 2.05) is 34.3 Å². The summed E-state index contributed by atoms with van der Waals surface area (Å²) >= 11 is 0. The van der Waals surface area contributed by atoms with Crippen LogP contribution >= 0.6 is 0 Å². The van der Waals surface area contributed by atoms with Crippen LogP contribution in [0.25, 0.3) is 0 Å². The number of benzene rings is 1. The molecule has 1 saturated carbocycles. The Kier molecular flexibility index (Phi) is 17.8. The highest BCUT2D eigenvalue weighted by Gasteiger charge is 2.24. The first-order valence-electron chi connectivity index (χ1n) is 9.90. The standard InChI is InChI=1S/C11H12O3.C7H15NO.C2H6.2CH2O/c1-7-6-8(11(12)13)2-5-10(7)14-9-3-4-9;1-8-5-3-2-4-7(9)6-8;3*1-2/h2,5-6,9H,3-4H2,1H3,(H,12,13);7,9H,2-6H2,1H3;1-2H3;2*1H2. The number of likely N-dealkylation sites (N-methyl/N-ethyl adjacent to an activating group) is 1. The van der Waals surface area contributed by atoms with Crippen LogP contribution in [0.2, 0.25) is 0 Å². The predicted molar refractivity (Wildman–Crippen MR) is 115 cm³/mol. The van der Waals surface area contributed by atoms with E-state index in [0.717, 1.165) is 43.7 Å². The van der Waals surface area contributed by atoms with Crippen molar-refractivity contribution in [3.63, 3.8) is 0 Å². The number of carbonyl (C=O) groups is 3. The van der Waals surface area contributed by atoms with Gasteiger partial charge in [-0.3, -0.25) is 0 Å². The number of aromatic carboxylic acids is 1. The number of carboxylic acid groups (broad SMARTS) is 1. The lowest BCUT2D eigenvalue weighted by Gasteiger charge is -2.14. The van der Waals surface area contributed by atoms with Gasteiger partial charge in [0.1, 0.15) is 19.3 Å². The highest BCUT2D eigenvalue weighted by atomic mass is 16.5. The minimum Gasteiger partial charge on any atom is -0.490 e. The van der Waals surface area contributed by atoms with E-state index in [2.05, 4.69) is 11.9 Å². The molecule has 1 aliphatic carbocycles. The molecule has 2 aliphatic rings. The third-order valence-electron chi connectivity index (χ3n) is 4.09. The number of carboxylic acids is 1. The lowest BCUT2D eigenvalue weighted by molar-refractivity contribution is -0.0987. The second kappa shape index (κ2) is 17.8. The fourth-order valence-electron chi connectivity index (χ4n) is 2.58. The Hall–Kier alpha value is -2.25. The van der Waals surface area contributed by atoms with Crippen LogP contribution in [0.4, 0.5) is 0 Å². The molecule has 166 valence electrons. The molecule has 2 fully saturated rings. The molecule has 0 bridgehead atoms. The van der Waals surface area contributed by atoms with E-state index in [9.17, 15) is 9.90 Å². The minimum atomic E-state index is -0.897. The molecule has 1 atom stereocenters. The van der Waals surface area contributed by atoms with Crippen molar-refractivity contribution in [1.29, 1.82) is 0 Å². The van der Waals surface area contributed by atoms with Gasteiger partial charge in [-0.2, -0.15) is 0 Å². The van der Waals surface area contributed by atoms with Gasteiger partial charge in [0.2, 0.25) is 0 Å². The average molecular weight is 412 g/mol. The first-order valence-corrected chi connectivity index (χ1v) is 9.90. The molecule has 1 aliphatic heterocycles. The van der Waals surface area contributed by atoms with Crippen molar-refractivity contribution in [2.75, 3.05) is 20.1 Å². The Morgan fingerprint density at radius 3 is 2.17 bits per heavy atom. The summed E-state index contributed by atoms with van der Waals surface area (Å²) in [5.41, 5.74) is 1.20. The zero-order valence-corrected chi connectivity index (χ0v) is 18.2. The minimum absolute atomic E-state index is 0.0718. The molecule has 7 nitrogen and oxygen atoms in total. The van der Waals surface area contributed by atoms with E-state index in [-0.39, 0.29) is 6.10 Å². The third kappa shape index (κ3) is 13.5. The van der Waals surface area contributed by atoms with Crippen LogP contribution in [0.3, 0.4) is 0 Å². The van der Waals surface area contributed by atoms with Crippen LogP contribution in [0.5, 0.6) is 5.75 Å². The summed E-state index contributed by atoms with van der Waals surface area (Å²) in [7, 11) is 2.06. The van der Waals surface area contributed by atoms with Gasteiger partial charge in [0, 0.05) is 6.54 Å². The Morgan fingerprint density at radius 1 is 1.10 bits per heavy atom. The monoisotopic (exact) mass is 411 g/mol. The normalized spacial score (nSPS) is 17.8. The quantitative estimate of drug-likeness (QED) is 0.786. The summed E-state index contributed by atoms with van der Waals surface area (Å²) in [6.07, 6.45) is 5.92. The Bertz CT molecular complexity index is 550. The largest absolute Gasteiger partial charge is 0.490 e. The molecule has 0 amide bonds. The number of likely N-dealkylation sites (tertiary alicyclic amines) is 1. The Morgan fingerprint density at radius 2 is 1.69 bits per heavy atom. The molecule has 0 aromatic heterocycles. The average Bonchev–Trinajstić information content (AvgIpc) is 3.57. The van der Waals surface area contributed by atoms with Crippen LogP contribution in [0.1, 0.15) is 61.9 Å². The number of ether oxygens (including phenoxy) is 1. The molecule has 1 saturated heterocycles. The van der Waals surface area contributed by atoms with Gasteiger partial charge in [0.05, 0.1) is 17.8 Å². The van der Waals surface area contributed by atoms with Crippen LogP contribution in [-0.2, 0) is 9.59 Å². The van der Waals surface area contributed by atoms with Gasteiger partial charge in [0.15, 0.2) is 0 Å². The second-order valence-corrected chi connectivity index (χ2v) is 6.51. The number of aliphatic hydroxyl groups is 1. The van der Waals surface area contributed by atoms with Crippen molar-refractivity contribution in [2.45, 2.75) is 65.1 Å². The summed E-state index contributed by atoms with van der Waals surface area (Å²) in [4.78, 5) is 28.9. The summed E-state index contributed by atoms with van der Waals surface area (Å²) in [6, 6.07) is 4.95. The van der Waals surface area contributed by atoms with E-state index < -0.39 is 5.97 Å². The van der Waals surface area contributed by atoms with Crippen molar-refractivity contribution < 1.29 is 29.3 Å². The van der Waals surface area contributed by atoms with Gasteiger partial charge in [-0.15, -0.1) is 0 Å². The zero-order valence-electron chi connectivity index (χ0n) is 18.2. The number of nitrogens with zero attached hydrogens (tertiary/aromatic N) is 1. The molecule has 7 heteroatoms. The SMILES string of the molecule is C=O.C=O.CC.CN1CCCCC(O)C1.Cc1cc(C(=O)O)ccc1OC1CC1. The molecular weight excluding hydrogens is 374 g/mol. The summed E-state index contributed by atoms with van der Waals surface area (Å²) in [5.74, 6) is -0.0939. The van der Waals surface area contributed by atoms with Crippen LogP contribution < -0.4 is 4.74 Å². The maximum atomic E-state index is 10.7. The van der Waals surface area contributed by atoms with Crippen LogP contribution in [0, 0.1) is 6.92 Å². The van der Waals surface area contributed by atoms with Crippen LogP contribution in [-0.4, -0.2) is 67.0 Å². The Balaban J connectivity index is 0. The van der Waals surface area contributed by atoms with E-state index >= 15 is 0 Å². The molecular formula is C22H37NO6. The highest BCUT2D eigenvalue weighted by molar-refractivity contribution is 5.88. The first kappa shape index (κ1) is 29.0. The lowest BCUT2D eigenvalue weighted by atomic mass is 10.1. The van der Waals surface area contributed by atoms with Crippen molar-refractivity contribution >= 4 is 19.5 Å². The number of hydrogen-bond acceptors (Lipinski definition) is 6. The molecule has 1 unspecified atom stereocenters. The lowest BCUT2D eigenvalue weighted by Crippen LogP contribution is -2.26.